The van der Waals surface area contributed by atoms with Crippen molar-refractivity contribution >= 4 is 23.2 Å². The van der Waals surface area contributed by atoms with Crippen LogP contribution in [0.3, 0.4) is 0 Å². The Morgan fingerprint density at radius 2 is 1.74 bits per heavy atom. The van der Waals surface area contributed by atoms with E-state index in [0.29, 0.717) is 5.91 Å². The number of nitrogens with one attached hydrogen (secondary N) is 1. The number of aromatic nitrogens is 2. The van der Waals surface area contributed by atoms with E-state index in [-0.39, 0.29) is 5.92 Å². The highest BCUT2D eigenvalue weighted by atomic mass is 16.2. The molecular weight excluding hydrogens is 338 g/mol. The van der Waals surface area contributed by atoms with E-state index in [9.17, 15) is 4.79 Å². The summed E-state index contributed by atoms with van der Waals surface area (Å²) in [6, 6.07) is 10.3. The zero-order valence-corrected chi connectivity index (χ0v) is 16.1. The molecule has 2 fully saturated rings. The zero-order chi connectivity index (χ0) is 18.8. The van der Waals surface area contributed by atoms with Crippen molar-refractivity contribution in [1.29, 1.82) is 0 Å². The van der Waals surface area contributed by atoms with Crippen molar-refractivity contribution in [2.24, 2.45) is 5.92 Å². The number of anilines is 3. The normalized spacial score (nSPS) is 17.6. The van der Waals surface area contributed by atoms with Crippen LogP contribution in [0.4, 0.5) is 17.3 Å². The Labute approximate surface area is 160 Å². The number of benzene rings is 1. The van der Waals surface area contributed by atoms with Crippen molar-refractivity contribution in [3.05, 3.63) is 41.7 Å². The van der Waals surface area contributed by atoms with E-state index in [1.165, 1.54) is 12.0 Å². The third-order valence-electron chi connectivity index (χ3n) is 5.52. The van der Waals surface area contributed by atoms with Crippen LogP contribution in [-0.4, -0.2) is 47.0 Å². The number of amides is 1. The number of hydrogen-bond donors (Lipinski definition) is 1. The highest BCUT2D eigenvalue weighted by Crippen LogP contribution is 2.29. The third-order valence-corrected chi connectivity index (χ3v) is 5.52. The SMILES string of the molecule is Cc1ccc(Nc2cc(N3CCN(C(=O)C4CCC4)CC3)nc(C)n2)cc1. The molecular formula is C21H27N5O. The molecule has 6 heteroatoms. The highest BCUT2D eigenvalue weighted by Gasteiger charge is 2.31. The molecule has 1 amide bonds. The number of hydrogen-bond acceptors (Lipinski definition) is 5. The van der Waals surface area contributed by atoms with E-state index in [1.54, 1.807) is 0 Å². The van der Waals surface area contributed by atoms with Gasteiger partial charge in [-0.15, -0.1) is 0 Å². The lowest BCUT2D eigenvalue weighted by molar-refractivity contribution is -0.138. The summed E-state index contributed by atoms with van der Waals surface area (Å²) in [7, 11) is 0. The fourth-order valence-electron chi connectivity index (χ4n) is 3.63. The van der Waals surface area contributed by atoms with Crippen molar-refractivity contribution in [1.82, 2.24) is 14.9 Å². The first-order valence-corrected chi connectivity index (χ1v) is 9.81. The fraction of sp³-hybridized carbons (Fsp3) is 0.476. The van der Waals surface area contributed by atoms with Crippen LogP contribution in [0.15, 0.2) is 30.3 Å². The van der Waals surface area contributed by atoms with Crippen LogP contribution in [-0.2, 0) is 4.79 Å². The van der Waals surface area contributed by atoms with Crippen LogP contribution < -0.4 is 10.2 Å². The van der Waals surface area contributed by atoms with E-state index < -0.39 is 0 Å². The number of piperazine rings is 1. The Bertz CT molecular complexity index is 808. The molecule has 2 aromatic rings. The summed E-state index contributed by atoms with van der Waals surface area (Å²) < 4.78 is 0. The van der Waals surface area contributed by atoms with Crippen LogP contribution in [0.1, 0.15) is 30.7 Å². The lowest BCUT2D eigenvalue weighted by Gasteiger charge is -2.38. The Balaban J connectivity index is 1.42. The maximum Gasteiger partial charge on any atom is 0.225 e. The molecule has 1 aromatic heterocycles. The van der Waals surface area contributed by atoms with Crippen LogP contribution >= 0.6 is 0 Å². The number of aryl methyl sites for hydroxylation is 2. The van der Waals surface area contributed by atoms with Crippen molar-refractivity contribution < 1.29 is 4.79 Å². The lowest BCUT2D eigenvalue weighted by atomic mass is 9.84. The first-order valence-electron chi connectivity index (χ1n) is 9.81. The van der Waals surface area contributed by atoms with E-state index in [2.05, 4.69) is 51.4 Å². The van der Waals surface area contributed by atoms with Gasteiger partial charge in [-0.1, -0.05) is 24.1 Å². The zero-order valence-electron chi connectivity index (χ0n) is 16.1. The lowest BCUT2D eigenvalue weighted by Crippen LogP contribution is -2.51. The van der Waals surface area contributed by atoms with Gasteiger partial charge in [0.25, 0.3) is 0 Å². The second-order valence-corrected chi connectivity index (χ2v) is 7.59. The molecule has 4 rings (SSSR count). The Morgan fingerprint density at radius 3 is 2.37 bits per heavy atom. The second-order valence-electron chi connectivity index (χ2n) is 7.59. The minimum atomic E-state index is 0.281. The topological polar surface area (TPSA) is 61.4 Å². The van der Waals surface area contributed by atoms with Crippen molar-refractivity contribution in [3.8, 4) is 0 Å². The predicted molar refractivity (Wildman–Crippen MR) is 107 cm³/mol. The van der Waals surface area contributed by atoms with Gasteiger partial charge in [-0.05, 0) is 38.8 Å². The minimum absolute atomic E-state index is 0.281. The van der Waals surface area contributed by atoms with Gasteiger partial charge in [-0.25, -0.2) is 9.97 Å². The van der Waals surface area contributed by atoms with Crippen molar-refractivity contribution in [2.45, 2.75) is 33.1 Å². The summed E-state index contributed by atoms with van der Waals surface area (Å²) >= 11 is 0. The van der Waals surface area contributed by atoms with Gasteiger partial charge >= 0.3 is 0 Å². The van der Waals surface area contributed by atoms with E-state index in [0.717, 1.165) is 62.2 Å². The largest absolute Gasteiger partial charge is 0.353 e. The average molecular weight is 365 g/mol. The van der Waals surface area contributed by atoms with Gasteiger partial charge in [0.15, 0.2) is 0 Å². The van der Waals surface area contributed by atoms with E-state index in [4.69, 9.17) is 0 Å². The third kappa shape index (κ3) is 4.04. The quantitative estimate of drug-likeness (QED) is 0.901. The fourth-order valence-corrected chi connectivity index (χ4v) is 3.63. The molecule has 0 radical (unpaired) electrons. The maximum atomic E-state index is 12.4. The molecule has 1 aliphatic heterocycles. The molecule has 0 unspecified atom stereocenters. The maximum absolute atomic E-state index is 12.4. The number of nitrogens with zero attached hydrogens (tertiary/aromatic N) is 4. The molecule has 1 aromatic carbocycles. The van der Waals surface area contributed by atoms with Crippen LogP contribution in [0.5, 0.6) is 0 Å². The Hall–Kier alpha value is -2.63. The number of carbonyl (C=O) groups excluding carboxylic acids is 1. The van der Waals surface area contributed by atoms with Gasteiger partial charge < -0.3 is 15.1 Å². The van der Waals surface area contributed by atoms with Crippen LogP contribution in [0, 0.1) is 19.8 Å². The molecule has 1 N–H and O–H groups in total. The summed E-state index contributed by atoms with van der Waals surface area (Å²) in [5, 5.41) is 3.37. The van der Waals surface area contributed by atoms with Crippen LogP contribution in [0.2, 0.25) is 0 Å². The molecule has 6 nitrogen and oxygen atoms in total. The Kier molecular flexibility index (Phi) is 4.97. The minimum Gasteiger partial charge on any atom is -0.353 e. The Morgan fingerprint density at radius 1 is 1.04 bits per heavy atom. The van der Waals surface area contributed by atoms with Crippen molar-refractivity contribution in [2.75, 3.05) is 36.4 Å². The molecule has 0 atom stereocenters. The summed E-state index contributed by atoms with van der Waals surface area (Å²) in [4.78, 5) is 25.8. The molecule has 0 spiro atoms. The first-order chi connectivity index (χ1) is 13.1. The highest BCUT2D eigenvalue weighted by molar-refractivity contribution is 5.80. The molecule has 142 valence electrons. The molecule has 0 bridgehead atoms. The van der Waals surface area contributed by atoms with Gasteiger partial charge in [-0.2, -0.15) is 0 Å². The molecule has 2 heterocycles. The monoisotopic (exact) mass is 365 g/mol. The first kappa shape index (κ1) is 17.8. The predicted octanol–water partition coefficient (Wildman–Crippen LogP) is 3.29. The summed E-state index contributed by atoms with van der Waals surface area (Å²) in [6.45, 7) is 7.18. The van der Waals surface area contributed by atoms with E-state index >= 15 is 0 Å². The second kappa shape index (κ2) is 7.55. The van der Waals surface area contributed by atoms with Crippen molar-refractivity contribution in [3.63, 3.8) is 0 Å². The number of rotatable bonds is 4. The van der Waals surface area contributed by atoms with E-state index in [1.807, 2.05) is 17.9 Å². The molecule has 1 saturated heterocycles. The van der Waals surface area contributed by atoms with Gasteiger partial charge in [0.1, 0.15) is 17.5 Å². The average Bonchev–Trinajstić information content (AvgIpc) is 2.62. The standard InChI is InChI=1S/C21H27N5O/c1-15-6-8-18(9-7-15)24-19-14-20(23-16(2)22-19)25-10-12-26(13-11-25)21(27)17-4-3-5-17/h6-9,14,17H,3-5,10-13H2,1-2H3,(H,22,23,24). The smallest absolute Gasteiger partial charge is 0.225 e. The number of carbonyl (C=O) groups is 1. The van der Waals surface area contributed by atoms with Gasteiger partial charge in [0.05, 0.1) is 0 Å². The summed E-state index contributed by atoms with van der Waals surface area (Å²) in [6.07, 6.45) is 3.34. The molecule has 2 aliphatic rings. The summed E-state index contributed by atoms with van der Waals surface area (Å²) in [5.74, 6) is 3.10. The van der Waals surface area contributed by atoms with Gasteiger partial charge in [0.2, 0.25) is 5.91 Å². The summed E-state index contributed by atoms with van der Waals surface area (Å²) in [5.41, 5.74) is 2.25. The van der Waals surface area contributed by atoms with Gasteiger partial charge in [-0.3, -0.25) is 4.79 Å². The molecule has 1 saturated carbocycles. The van der Waals surface area contributed by atoms with Crippen LogP contribution in [0.25, 0.3) is 0 Å². The molecule has 27 heavy (non-hydrogen) atoms. The molecule has 1 aliphatic carbocycles. The van der Waals surface area contributed by atoms with Gasteiger partial charge in [0, 0.05) is 43.9 Å².